The van der Waals surface area contributed by atoms with E-state index in [0.717, 1.165) is 19.3 Å². The van der Waals surface area contributed by atoms with Crippen molar-refractivity contribution in [3.8, 4) is 0 Å². The van der Waals surface area contributed by atoms with Crippen molar-refractivity contribution in [2.45, 2.75) is 56.6 Å². The van der Waals surface area contributed by atoms with Gasteiger partial charge in [0, 0.05) is 18.6 Å². The molecule has 2 unspecified atom stereocenters. The van der Waals surface area contributed by atoms with Gasteiger partial charge in [-0.05, 0) is 44.4 Å². The van der Waals surface area contributed by atoms with Crippen LogP contribution in [-0.4, -0.2) is 24.8 Å². The van der Waals surface area contributed by atoms with Crippen LogP contribution in [0.2, 0.25) is 0 Å². The highest BCUT2D eigenvalue weighted by Crippen LogP contribution is 2.30. The molecule has 0 bridgehead atoms. The molecule has 1 heterocycles. The average molecular weight is 300 g/mol. The summed E-state index contributed by atoms with van der Waals surface area (Å²) in [6.07, 6.45) is 2.61. The van der Waals surface area contributed by atoms with E-state index < -0.39 is 15.8 Å². The normalized spacial score (nSPS) is 24.8. The van der Waals surface area contributed by atoms with Gasteiger partial charge < -0.3 is 5.73 Å². The molecule has 1 fully saturated rings. The zero-order valence-corrected chi connectivity index (χ0v) is 12.7. The molecule has 0 saturated carbocycles. The highest BCUT2D eigenvalue weighted by atomic mass is 32.2. The Balaban J connectivity index is 2.49. The fourth-order valence-corrected chi connectivity index (χ4v) is 4.86. The van der Waals surface area contributed by atoms with Crippen LogP contribution in [0.5, 0.6) is 0 Å². The minimum atomic E-state index is -3.82. The van der Waals surface area contributed by atoms with E-state index in [4.69, 9.17) is 5.73 Å². The Morgan fingerprint density at radius 3 is 2.45 bits per heavy atom. The minimum absolute atomic E-state index is 0.107. The first-order valence-corrected chi connectivity index (χ1v) is 8.34. The predicted octanol–water partition coefficient (Wildman–Crippen LogP) is 2.24. The quantitative estimate of drug-likeness (QED) is 0.931. The standard InChI is InChI=1S/C14H21FN2O2S/c1-10-4-3-5-11(2)17(10)20(18,19)14-8-12(9-16)6-7-13(14)15/h6-8,10-11H,3-5,9,16H2,1-2H3. The highest BCUT2D eigenvalue weighted by Gasteiger charge is 2.37. The summed E-state index contributed by atoms with van der Waals surface area (Å²) in [4.78, 5) is -0.263. The Morgan fingerprint density at radius 1 is 1.30 bits per heavy atom. The Hall–Kier alpha value is -0.980. The summed E-state index contributed by atoms with van der Waals surface area (Å²) >= 11 is 0. The number of hydrogen-bond donors (Lipinski definition) is 1. The van der Waals surface area contributed by atoms with E-state index in [1.54, 1.807) is 0 Å². The van der Waals surface area contributed by atoms with Crippen LogP contribution in [0.25, 0.3) is 0 Å². The first-order valence-electron chi connectivity index (χ1n) is 6.90. The Kier molecular flexibility index (Phi) is 4.46. The van der Waals surface area contributed by atoms with Crippen LogP contribution < -0.4 is 5.73 Å². The number of rotatable bonds is 3. The van der Waals surface area contributed by atoms with Crippen LogP contribution in [0.3, 0.4) is 0 Å². The van der Waals surface area contributed by atoms with Gasteiger partial charge in [-0.3, -0.25) is 0 Å². The molecule has 4 nitrogen and oxygen atoms in total. The average Bonchev–Trinajstić information content (AvgIpc) is 2.38. The van der Waals surface area contributed by atoms with Gasteiger partial charge in [0.15, 0.2) is 0 Å². The van der Waals surface area contributed by atoms with Crippen molar-refractivity contribution in [1.29, 1.82) is 0 Å². The number of hydrogen-bond acceptors (Lipinski definition) is 3. The van der Waals surface area contributed by atoms with E-state index in [1.165, 1.54) is 22.5 Å². The first-order chi connectivity index (χ1) is 9.37. The molecule has 2 N–H and O–H groups in total. The number of sulfonamides is 1. The first kappa shape index (κ1) is 15.4. The van der Waals surface area contributed by atoms with Crippen LogP contribution in [0.4, 0.5) is 4.39 Å². The van der Waals surface area contributed by atoms with Gasteiger partial charge in [0.25, 0.3) is 0 Å². The molecule has 20 heavy (non-hydrogen) atoms. The lowest BCUT2D eigenvalue weighted by atomic mass is 10.0. The summed E-state index contributed by atoms with van der Waals surface area (Å²) in [5, 5.41) is 0. The van der Waals surface area contributed by atoms with Crippen LogP contribution in [0.15, 0.2) is 23.1 Å². The maximum atomic E-state index is 14.0. The van der Waals surface area contributed by atoms with Crippen molar-refractivity contribution in [2.75, 3.05) is 0 Å². The molecule has 6 heteroatoms. The van der Waals surface area contributed by atoms with Gasteiger partial charge in [0.2, 0.25) is 10.0 Å². The SMILES string of the molecule is CC1CCCC(C)N1S(=O)(=O)c1cc(CN)ccc1F. The molecular formula is C14H21FN2O2S. The number of benzene rings is 1. The van der Waals surface area contributed by atoms with E-state index in [9.17, 15) is 12.8 Å². The third kappa shape index (κ3) is 2.73. The van der Waals surface area contributed by atoms with Crippen molar-refractivity contribution < 1.29 is 12.8 Å². The molecule has 1 aliphatic heterocycles. The molecular weight excluding hydrogens is 279 g/mol. The molecule has 0 amide bonds. The van der Waals surface area contributed by atoms with E-state index in [2.05, 4.69) is 0 Å². The number of nitrogens with two attached hydrogens (primary N) is 1. The molecule has 1 aromatic carbocycles. The van der Waals surface area contributed by atoms with Gasteiger partial charge in [-0.1, -0.05) is 12.5 Å². The fourth-order valence-electron chi connectivity index (χ4n) is 2.86. The summed E-state index contributed by atoms with van der Waals surface area (Å²) in [7, 11) is -3.82. The van der Waals surface area contributed by atoms with Crippen molar-refractivity contribution in [1.82, 2.24) is 4.31 Å². The van der Waals surface area contributed by atoms with Crippen LogP contribution in [0, 0.1) is 5.82 Å². The Bertz CT molecular complexity index is 579. The van der Waals surface area contributed by atoms with Gasteiger partial charge >= 0.3 is 0 Å². The fraction of sp³-hybridized carbons (Fsp3) is 0.571. The summed E-state index contributed by atoms with van der Waals surface area (Å²) in [5.41, 5.74) is 6.13. The number of piperidine rings is 1. The van der Waals surface area contributed by atoms with Crippen molar-refractivity contribution >= 4 is 10.0 Å². The monoisotopic (exact) mass is 300 g/mol. The second-order valence-electron chi connectivity index (χ2n) is 5.43. The maximum Gasteiger partial charge on any atom is 0.246 e. The lowest BCUT2D eigenvalue weighted by Crippen LogP contribution is -2.47. The highest BCUT2D eigenvalue weighted by molar-refractivity contribution is 7.89. The molecule has 2 rings (SSSR count). The molecule has 0 aliphatic carbocycles. The molecule has 1 aromatic rings. The predicted molar refractivity (Wildman–Crippen MR) is 76.1 cm³/mol. The Labute approximate surface area is 119 Å². The van der Waals surface area contributed by atoms with Crippen molar-refractivity contribution in [2.24, 2.45) is 5.73 Å². The largest absolute Gasteiger partial charge is 0.326 e. The van der Waals surface area contributed by atoms with Gasteiger partial charge in [0.1, 0.15) is 10.7 Å². The second-order valence-corrected chi connectivity index (χ2v) is 7.24. The van der Waals surface area contributed by atoms with Crippen LogP contribution in [0.1, 0.15) is 38.7 Å². The zero-order chi connectivity index (χ0) is 14.9. The Morgan fingerprint density at radius 2 is 1.90 bits per heavy atom. The summed E-state index contributed by atoms with van der Waals surface area (Å²) in [5.74, 6) is -0.716. The third-order valence-electron chi connectivity index (χ3n) is 3.90. The van der Waals surface area contributed by atoms with Gasteiger partial charge in [0.05, 0.1) is 0 Å². The lowest BCUT2D eigenvalue weighted by molar-refractivity contribution is 0.203. The molecule has 1 saturated heterocycles. The summed E-state index contributed by atoms with van der Waals surface area (Å²) in [6.45, 7) is 3.93. The van der Waals surface area contributed by atoms with Crippen molar-refractivity contribution in [3.05, 3.63) is 29.6 Å². The number of nitrogens with zero attached hydrogens (tertiary/aromatic N) is 1. The topological polar surface area (TPSA) is 63.4 Å². The van der Waals surface area contributed by atoms with E-state index in [-0.39, 0.29) is 23.5 Å². The number of halogens is 1. The van der Waals surface area contributed by atoms with Crippen LogP contribution in [-0.2, 0) is 16.6 Å². The van der Waals surface area contributed by atoms with E-state index >= 15 is 0 Å². The molecule has 0 radical (unpaired) electrons. The van der Waals surface area contributed by atoms with Crippen molar-refractivity contribution in [3.63, 3.8) is 0 Å². The zero-order valence-electron chi connectivity index (χ0n) is 11.8. The summed E-state index contributed by atoms with van der Waals surface area (Å²) in [6, 6.07) is 3.82. The second kappa shape index (κ2) is 5.79. The maximum absolute atomic E-state index is 14.0. The molecule has 2 atom stereocenters. The molecule has 112 valence electrons. The van der Waals surface area contributed by atoms with Crippen LogP contribution >= 0.6 is 0 Å². The van der Waals surface area contributed by atoms with Gasteiger partial charge in [-0.15, -0.1) is 0 Å². The lowest BCUT2D eigenvalue weighted by Gasteiger charge is -2.37. The smallest absolute Gasteiger partial charge is 0.246 e. The minimum Gasteiger partial charge on any atom is -0.326 e. The molecule has 1 aliphatic rings. The van der Waals surface area contributed by atoms with Gasteiger partial charge in [-0.2, -0.15) is 4.31 Å². The van der Waals surface area contributed by atoms with E-state index in [1.807, 2.05) is 13.8 Å². The molecule has 0 aromatic heterocycles. The van der Waals surface area contributed by atoms with E-state index in [0.29, 0.717) is 5.56 Å². The third-order valence-corrected chi connectivity index (χ3v) is 6.04. The summed E-state index contributed by atoms with van der Waals surface area (Å²) < 4.78 is 40.9. The molecule has 0 spiro atoms. The van der Waals surface area contributed by atoms with Gasteiger partial charge in [-0.25, -0.2) is 12.8 Å².